The number of esters is 1. The molecule has 1 aromatic heterocycles. The van der Waals surface area contributed by atoms with Gasteiger partial charge >= 0.3 is 5.97 Å². The number of aromatic nitrogens is 2. The molecule has 2 heterocycles. The number of hydrogen-bond donors (Lipinski definition) is 1. The van der Waals surface area contributed by atoms with E-state index in [2.05, 4.69) is 10.4 Å². The molecule has 2 amide bonds. The first-order valence-electron chi connectivity index (χ1n) is 10.2. The van der Waals surface area contributed by atoms with Crippen molar-refractivity contribution in [1.82, 2.24) is 9.78 Å². The maximum atomic E-state index is 13.2. The average Bonchev–Trinajstić information content (AvgIpc) is 3.35. The van der Waals surface area contributed by atoms with Gasteiger partial charge in [-0.2, -0.15) is 5.10 Å². The first kappa shape index (κ1) is 22.5. The Morgan fingerprint density at radius 2 is 1.91 bits per heavy atom. The number of carbonyl (C=O) groups is 3. The molecule has 1 aliphatic heterocycles. The second kappa shape index (κ2) is 9.41. The summed E-state index contributed by atoms with van der Waals surface area (Å²) in [7, 11) is 0. The van der Waals surface area contributed by atoms with Gasteiger partial charge < -0.3 is 15.0 Å². The zero-order valence-corrected chi connectivity index (χ0v) is 18.4. The standard InChI is InChI=1S/C23H20ClFN4O4/c1-14-21(22(24)29(27-14)16-10-8-15(25)9-11-16)23(32)33-13-19(30)26-17-5-2-3-6-18(17)28-12-4-7-20(28)31/h2-3,5-6,8-11H,4,7,12-13H2,1H3,(H,26,30). The molecule has 8 nitrogen and oxygen atoms in total. The lowest BCUT2D eigenvalue weighted by Crippen LogP contribution is -2.27. The van der Waals surface area contributed by atoms with Crippen LogP contribution in [0.15, 0.2) is 48.5 Å². The molecule has 0 spiro atoms. The zero-order chi connectivity index (χ0) is 23.5. The topological polar surface area (TPSA) is 93.5 Å². The van der Waals surface area contributed by atoms with Crippen molar-refractivity contribution in [3.63, 3.8) is 0 Å². The Hall–Kier alpha value is -3.72. The van der Waals surface area contributed by atoms with Gasteiger partial charge in [-0.1, -0.05) is 23.7 Å². The molecule has 2 aromatic carbocycles. The number of nitrogens with one attached hydrogen (secondary N) is 1. The van der Waals surface area contributed by atoms with Crippen LogP contribution in [0.1, 0.15) is 28.9 Å². The Morgan fingerprint density at radius 1 is 1.18 bits per heavy atom. The van der Waals surface area contributed by atoms with E-state index in [0.717, 1.165) is 6.42 Å². The van der Waals surface area contributed by atoms with Crippen LogP contribution in [0, 0.1) is 12.7 Å². The Bertz CT molecular complexity index is 1230. The quantitative estimate of drug-likeness (QED) is 0.551. The molecule has 33 heavy (non-hydrogen) atoms. The van der Waals surface area contributed by atoms with Crippen LogP contribution >= 0.6 is 11.6 Å². The van der Waals surface area contributed by atoms with E-state index in [1.165, 1.54) is 28.9 Å². The number of hydrogen-bond acceptors (Lipinski definition) is 5. The van der Waals surface area contributed by atoms with Crippen LogP contribution in [0.25, 0.3) is 5.69 Å². The van der Waals surface area contributed by atoms with E-state index in [-0.39, 0.29) is 16.6 Å². The Balaban J connectivity index is 1.43. The molecule has 1 saturated heterocycles. The highest BCUT2D eigenvalue weighted by Gasteiger charge is 2.25. The number of benzene rings is 2. The van der Waals surface area contributed by atoms with Crippen LogP contribution in [-0.4, -0.2) is 40.7 Å². The summed E-state index contributed by atoms with van der Waals surface area (Å²) in [6.07, 6.45) is 1.22. The SMILES string of the molecule is Cc1nn(-c2ccc(F)cc2)c(Cl)c1C(=O)OCC(=O)Nc1ccccc1N1CCCC1=O. The van der Waals surface area contributed by atoms with Crippen molar-refractivity contribution < 1.29 is 23.5 Å². The predicted molar refractivity (Wildman–Crippen MR) is 120 cm³/mol. The highest BCUT2D eigenvalue weighted by Crippen LogP contribution is 2.29. The summed E-state index contributed by atoms with van der Waals surface area (Å²) in [5, 5.41) is 6.88. The third kappa shape index (κ3) is 4.73. The van der Waals surface area contributed by atoms with Gasteiger partial charge in [-0.3, -0.25) is 9.59 Å². The molecule has 0 aliphatic carbocycles. The van der Waals surface area contributed by atoms with Crippen LogP contribution in [0.4, 0.5) is 15.8 Å². The molecule has 170 valence electrons. The number of nitrogens with zero attached hydrogens (tertiary/aromatic N) is 3. The van der Waals surface area contributed by atoms with Crippen LogP contribution < -0.4 is 10.2 Å². The monoisotopic (exact) mass is 470 g/mol. The molecule has 0 atom stereocenters. The van der Waals surface area contributed by atoms with E-state index in [0.29, 0.717) is 35.7 Å². The lowest BCUT2D eigenvalue weighted by molar-refractivity contribution is -0.119. The summed E-state index contributed by atoms with van der Waals surface area (Å²) in [6, 6.07) is 12.4. The minimum absolute atomic E-state index is 0.00795. The number of anilines is 2. The lowest BCUT2D eigenvalue weighted by Gasteiger charge is -2.19. The molecule has 1 aliphatic rings. The number of halogens is 2. The van der Waals surface area contributed by atoms with Gasteiger partial charge in [0.25, 0.3) is 5.91 Å². The molecule has 1 N–H and O–H groups in total. The summed E-state index contributed by atoms with van der Waals surface area (Å²) >= 11 is 6.32. The highest BCUT2D eigenvalue weighted by atomic mass is 35.5. The van der Waals surface area contributed by atoms with Crippen molar-refractivity contribution in [3.8, 4) is 5.69 Å². The summed E-state index contributed by atoms with van der Waals surface area (Å²) in [4.78, 5) is 38.7. The fourth-order valence-corrected chi connectivity index (χ4v) is 3.94. The van der Waals surface area contributed by atoms with Gasteiger partial charge in [-0.15, -0.1) is 0 Å². The maximum absolute atomic E-state index is 13.2. The molecular weight excluding hydrogens is 451 g/mol. The van der Waals surface area contributed by atoms with Crippen molar-refractivity contribution in [2.24, 2.45) is 0 Å². The molecule has 10 heteroatoms. The average molecular weight is 471 g/mol. The molecule has 4 rings (SSSR count). The van der Waals surface area contributed by atoms with E-state index in [4.69, 9.17) is 16.3 Å². The third-order valence-corrected chi connectivity index (χ3v) is 5.51. The zero-order valence-electron chi connectivity index (χ0n) is 17.7. The van der Waals surface area contributed by atoms with E-state index in [1.54, 1.807) is 36.1 Å². The second-order valence-corrected chi connectivity index (χ2v) is 7.79. The summed E-state index contributed by atoms with van der Waals surface area (Å²) in [5.74, 6) is -1.81. The fourth-order valence-electron chi connectivity index (χ4n) is 3.59. The highest BCUT2D eigenvalue weighted by molar-refractivity contribution is 6.33. The van der Waals surface area contributed by atoms with Crippen molar-refractivity contribution in [1.29, 1.82) is 0 Å². The molecule has 0 unspecified atom stereocenters. The predicted octanol–water partition coefficient (Wildman–Crippen LogP) is 3.90. The Kier molecular flexibility index (Phi) is 6.41. The number of rotatable bonds is 6. The fraction of sp³-hybridized carbons (Fsp3) is 0.217. The first-order valence-corrected chi connectivity index (χ1v) is 10.6. The van der Waals surface area contributed by atoms with Crippen molar-refractivity contribution in [2.45, 2.75) is 19.8 Å². The molecule has 0 saturated carbocycles. The Labute approximate surface area is 193 Å². The summed E-state index contributed by atoms with van der Waals surface area (Å²) < 4.78 is 19.6. The van der Waals surface area contributed by atoms with Crippen LogP contribution in [0.5, 0.6) is 0 Å². The smallest absolute Gasteiger partial charge is 0.343 e. The van der Waals surface area contributed by atoms with Gasteiger partial charge in [0.05, 0.1) is 22.8 Å². The van der Waals surface area contributed by atoms with Crippen molar-refractivity contribution in [3.05, 3.63) is 70.8 Å². The maximum Gasteiger partial charge on any atom is 0.343 e. The minimum atomic E-state index is -0.816. The van der Waals surface area contributed by atoms with Crippen LogP contribution in [0.2, 0.25) is 5.15 Å². The molecule has 0 bridgehead atoms. The van der Waals surface area contributed by atoms with E-state index >= 15 is 0 Å². The van der Waals surface area contributed by atoms with Gasteiger partial charge in [0.2, 0.25) is 5.91 Å². The van der Waals surface area contributed by atoms with Crippen molar-refractivity contribution in [2.75, 3.05) is 23.4 Å². The first-order chi connectivity index (χ1) is 15.8. The van der Waals surface area contributed by atoms with Gasteiger partial charge in [-0.25, -0.2) is 13.9 Å². The van der Waals surface area contributed by atoms with E-state index < -0.39 is 24.3 Å². The Morgan fingerprint density at radius 3 is 2.61 bits per heavy atom. The van der Waals surface area contributed by atoms with E-state index in [1.807, 2.05) is 0 Å². The van der Waals surface area contributed by atoms with E-state index in [9.17, 15) is 18.8 Å². The molecule has 0 radical (unpaired) electrons. The minimum Gasteiger partial charge on any atom is -0.452 e. The van der Waals surface area contributed by atoms with Crippen molar-refractivity contribution >= 4 is 40.8 Å². The van der Waals surface area contributed by atoms with Gasteiger partial charge in [0, 0.05) is 13.0 Å². The second-order valence-electron chi connectivity index (χ2n) is 7.43. The van der Waals surface area contributed by atoms with Gasteiger partial charge in [0.15, 0.2) is 6.61 Å². The summed E-state index contributed by atoms with van der Waals surface area (Å²) in [6.45, 7) is 1.60. The van der Waals surface area contributed by atoms with Crippen LogP contribution in [-0.2, 0) is 14.3 Å². The summed E-state index contributed by atoms with van der Waals surface area (Å²) in [5.41, 5.74) is 1.82. The van der Waals surface area contributed by atoms with Crippen LogP contribution in [0.3, 0.4) is 0 Å². The molecular formula is C23H20ClFN4O4. The van der Waals surface area contributed by atoms with Gasteiger partial charge in [-0.05, 0) is 49.7 Å². The molecule has 1 fully saturated rings. The number of aryl methyl sites for hydroxylation is 1. The number of ether oxygens (including phenoxy) is 1. The third-order valence-electron chi connectivity index (χ3n) is 5.16. The van der Waals surface area contributed by atoms with Gasteiger partial charge in [0.1, 0.15) is 16.5 Å². The number of para-hydroxylation sites is 2. The number of carbonyl (C=O) groups excluding carboxylic acids is 3. The number of amides is 2. The molecule has 3 aromatic rings. The normalized spacial score (nSPS) is 13.3. The largest absolute Gasteiger partial charge is 0.452 e. The lowest BCUT2D eigenvalue weighted by atomic mass is 10.2.